The first-order valence-electron chi connectivity index (χ1n) is 7.88. The summed E-state index contributed by atoms with van der Waals surface area (Å²) in [6.07, 6.45) is -4.12. The lowest BCUT2D eigenvalue weighted by Crippen LogP contribution is -2.43. The highest BCUT2D eigenvalue weighted by Gasteiger charge is 2.35. The molecule has 0 unspecified atom stereocenters. The average Bonchev–Trinajstić information content (AvgIpc) is 3.00. The van der Waals surface area contributed by atoms with Crippen LogP contribution in [-0.4, -0.2) is 43.5 Å². The summed E-state index contributed by atoms with van der Waals surface area (Å²) >= 11 is 0. The van der Waals surface area contributed by atoms with Crippen LogP contribution < -0.4 is 10.1 Å². The predicted molar refractivity (Wildman–Crippen MR) is 79.3 cm³/mol. The number of carbonyl (C=O) groups excluding carboxylic acids is 1. The van der Waals surface area contributed by atoms with E-state index in [-0.39, 0.29) is 18.4 Å². The molecule has 1 aromatic rings. The van der Waals surface area contributed by atoms with E-state index in [1.54, 1.807) is 4.90 Å². The second-order valence-electron chi connectivity index (χ2n) is 6.16. The van der Waals surface area contributed by atoms with Crippen molar-refractivity contribution in [2.24, 2.45) is 11.8 Å². The molecule has 3 rings (SSSR count). The van der Waals surface area contributed by atoms with Gasteiger partial charge in [-0.2, -0.15) is 0 Å². The Bertz CT molecular complexity index is 577. The third-order valence-corrected chi connectivity index (χ3v) is 4.48. The summed E-state index contributed by atoms with van der Waals surface area (Å²) in [5.74, 6) is 0.814. The normalized spacial score (nSPS) is 23.7. The summed E-state index contributed by atoms with van der Waals surface area (Å²) in [5, 5.41) is 3.33. The molecule has 2 atom stereocenters. The molecule has 0 aliphatic carbocycles. The van der Waals surface area contributed by atoms with E-state index in [1.807, 2.05) is 0 Å². The number of likely N-dealkylation sites (tertiary alicyclic amines) is 1. The summed E-state index contributed by atoms with van der Waals surface area (Å²) in [6.45, 7) is 3.33. The molecule has 2 aliphatic heterocycles. The van der Waals surface area contributed by atoms with Gasteiger partial charge in [-0.1, -0.05) is 12.1 Å². The number of alkyl halides is 3. The fourth-order valence-electron chi connectivity index (χ4n) is 3.22. The summed E-state index contributed by atoms with van der Waals surface area (Å²) < 4.78 is 45.3. The maximum atomic E-state index is 12.1. The number of fused-ring (bicyclic) bond motifs is 1. The molecule has 8 heteroatoms. The summed E-state index contributed by atoms with van der Waals surface area (Å²) in [5.41, 5.74) is 0.607. The number of hydrogen-bond donors (Lipinski definition) is 1. The zero-order valence-electron chi connectivity index (χ0n) is 13.0. The van der Waals surface area contributed by atoms with E-state index >= 15 is 0 Å². The molecule has 2 fully saturated rings. The summed E-state index contributed by atoms with van der Waals surface area (Å²) in [6, 6.07) is 5.29. The number of benzene rings is 1. The van der Waals surface area contributed by atoms with Gasteiger partial charge in [0.25, 0.3) is 0 Å². The van der Waals surface area contributed by atoms with Gasteiger partial charge in [0.2, 0.25) is 0 Å². The van der Waals surface area contributed by atoms with Crippen LogP contribution in [0.25, 0.3) is 0 Å². The van der Waals surface area contributed by atoms with E-state index in [0.29, 0.717) is 30.5 Å². The molecule has 5 nitrogen and oxygen atoms in total. The Hall–Kier alpha value is -1.96. The molecule has 2 heterocycles. The van der Waals surface area contributed by atoms with E-state index in [9.17, 15) is 18.0 Å². The van der Waals surface area contributed by atoms with Gasteiger partial charge in [-0.05, 0) is 49.0 Å². The van der Waals surface area contributed by atoms with Crippen LogP contribution >= 0.6 is 0 Å². The second-order valence-corrected chi connectivity index (χ2v) is 6.16. The Balaban J connectivity index is 1.47. The standard InChI is InChI=1S/C16H19F3N2O3/c17-16(18,19)24-14-3-1-11(2-4-14)10-23-15(22)21-6-5-12-7-20-8-13(12)9-21/h1-4,12-13,20H,5-10H2/t12-,13+/m0/s1. The van der Waals surface area contributed by atoms with E-state index in [1.165, 1.54) is 24.3 Å². The molecule has 1 amide bonds. The van der Waals surface area contributed by atoms with Crippen LogP contribution in [0.4, 0.5) is 18.0 Å². The minimum absolute atomic E-state index is 0.0218. The van der Waals surface area contributed by atoms with Gasteiger partial charge >= 0.3 is 12.5 Å². The zero-order chi connectivity index (χ0) is 17.2. The maximum Gasteiger partial charge on any atom is 0.573 e. The first-order valence-corrected chi connectivity index (χ1v) is 7.88. The fourth-order valence-corrected chi connectivity index (χ4v) is 3.22. The van der Waals surface area contributed by atoms with Crippen molar-refractivity contribution in [2.45, 2.75) is 19.4 Å². The average molecular weight is 344 g/mol. The molecule has 132 valence electrons. The monoisotopic (exact) mass is 344 g/mol. The Morgan fingerprint density at radius 1 is 1.21 bits per heavy atom. The van der Waals surface area contributed by atoms with Crippen molar-refractivity contribution in [3.8, 4) is 5.75 Å². The number of rotatable bonds is 3. The number of nitrogens with one attached hydrogen (secondary N) is 1. The molecule has 0 aromatic heterocycles. The van der Waals surface area contributed by atoms with Crippen LogP contribution in [0, 0.1) is 11.8 Å². The number of ether oxygens (including phenoxy) is 2. The Labute approximate surface area is 137 Å². The highest BCUT2D eigenvalue weighted by Crippen LogP contribution is 2.27. The van der Waals surface area contributed by atoms with Crippen molar-refractivity contribution in [2.75, 3.05) is 26.2 Å². The first kappa shape index (κ1) is 16.9. The predicted octanol–water partition coefficient (Wildman–Crippen LogP) is 2.76. The van der Waals surface area contributed by atoms with Crippen molar-refractivity contribution in [3.05, 3.63) is 29.8 Å². The van der Waals surface area contributed by atoms with Crippen LogP contribution in [0.2, 0.25) is 0 Å². The van der Waals surface area contributed by atoms with Crippen molar-refractivity contribution >= 4 is 6.09 Å². The minimum Gasteiger partial charge on any atom is -0.445 e. The molecule has 0 bridgehead atoms. The van der Waals surface area contributed by atoms with Crippen molar-refractivity contribution in [1.82, 2.24) is 10.2 Å². The molecule has 0 radical (unpaired) electrons. The van der Waals surface area contributed by atoms with Gasteiger partial charge in [0.1, 0.15) is 12.4 Å². The number of hydrogen-bond acceptors (Lipinski definition) is 4. The summed E-state index contributed by atoms with van der Waals surface area (Å²) in [7, 11) is 0. The van der Waals surface area contributed by atoms with E-state index in [2.05, 4.69) is 10.1 Å². The highest BCUT2D eigenvalue weighted by atomic mass is 19.4. The molecular formula is C16H19F3N2O3. The minimum atomic E-state index is -4.71. The van der Waals surface area contributed by atoms with Crippen LogP contribution in [-0.2, 0) is 11.3 Å². The van der Waals surface area contributed by atoms with E-state index < -0.39 is 6.36 Å². The van der Waals surface area contributed by atoms with Gasteiger partial charge in [0.15, 0.2) is 0 Å². The molecular weight excluding hydrogens is 325 g/mol. The van der Waals surface area contributed by atoms with Gasteiger partial charge < -0.3 is 19.7 Å². The Kier molecular flexibility index (Phi) is 4.84. The molecule has 24 heavy (non-hydrogen) atoms. The lowest BCUT2D eigenvalue weighted by Gasteiger charge is -2.33. The molecule has 0 saturated carbocycles. The Morgan fingerprint density at radius 2 is 1.92 bits per heavy atom. The number of carbonyl (C=O) groups is 1. The number of piperidine rings is 1. The SMILES string of the molecule is O=C(OCc1ccc(OC(F)(F)F)cc1)N1CC[C@H]2CNC[C@@H]2C1. The van der Waals surface area contributed by atoms with Gasteiger partial charge in [0.05, 0.1) is 0 Å². The molecule has 2 saturated heterocycles. The number of amides is 1. The quantitative estimate of drug-likeness (QED) is 0.916. The van der Waals surface area contributed by atoms with Gasteiger partial charge in [0, 0.05) is 13.1 Å². The molecule has 0 spiro atoms. The first-order chi connectivity index (χ1) is 11.4. The zero-order valence-corrected chi connectivity index (χ0v) is 13.0. The van der Waals surface area contributed by atoms with Crippen LogP contribution in [0.3, 0.4) is 0 Å². The molecule has 2 aliphatic rings. The van der Waals surface area contributed by atoms with Crippen LogP contribution in [0.5, 0.6) is 5.75 Å². The van der Waals surface area contributed by atoms with E-state index in [0.717, 1.165) is 19.5 Å². The second kappa shape index (κ2) is 6.88. The lowest BCUT2D eigenvalue weighted by atomic mass is 9.89. The third kappa shape index (κ3) is 4.31. The van der Waals surface area contributed by atoms with Crippen molar-refractivity contribution in [1.29, 1.82) is 0 Å². The van der Waals surface area contributed by atoms with Crippen molar-refractivity contribution < 1.29 is 27.4 Å². The number of nitrogens with zero attached hydrogens (tertiary/aromatic N) is 1. The van der Waals surface area contributed by atoms with E-state index in [4.69, 9.17) is 4.74 Å². The van der Waals surface area contributed by atoms with Gasteiger partial charge in [-0.15, -0.1) is 13.2 Å². The van der Waals surface area contributed by atoms with Gasteiger partial charge in [-0.25, -0.2) is 4.79 Å². The maximum absolute atomic E-state index is 12.1. The van der Waals surface area contributed by atoms with Crippen LogP contribution in [0.1, 0.15) is 12.0 Å². The molecule has 1 N–H and O–H groups in total. The lowest BCUT2D eigenvalue weighted by molar-refractivity contribution is -0.274. The Morgan fingerprint density at radius 3 is 2.62 bits per heavy atom. The largest absolute Gasteiger partial charge is 0.573 e. The van der Waals surface area contributed by atoms with Gasteiger partial charge in [-0.3, -0.25) is 0 Å². The fraction of sp³-hybridized carbons (Fsp3) is 0.562. The highest BCUT2D eigenvalue weighted by molar-refractivity contribution is 5.67. The number of halogens is 3. The summed E-state index contributed by atoms with van der Waals surface area (Å²) in [4.78, 5) is 13.8. The molecule has 1 aromatic carbocycles. The van der Waals surface area contributed by atoms with Crippen molar-refractivity contribution in [3.63, 3.8) is 0 Å². The van der Waals surface area contributed by atoms with Crippen LogP contribution in [0.15, 0.2) is 24.3 Å². The topological polar surface area (TPSA) is 50.8 Å². The third-order valence-electron chi connectivity index (χ3n) is 4.48. The smallest absolute Gasteiger partial charge is 0.445 e.